The summed E-state index contributed by atoms with van der Waals surface area (Å²) in [5.41, 5.74) is 1.05. The van der Waals surface area contributed by atoms with Crippen molar-refractivity contribution in [2.24, 2.45) is 0 Å². The molecule has 0 amide bonds. The zero-order chi connectivity index (χ0) is 12.3. The largest absolute Gasteiger partial charge is 0.378 e. The fourth-order valence-electron chi connectivity index (χ4n) is 1.31. The van der Waals surface area contributed by atoms with Crippen molar-refractivity contribution >= 4 is 0 Å². The van der Waals surface area contributed by atoms with E-state index in [2.05, 4.69) is 10.3 Å². The summed E-state index contributed by atoms with van der Waals surface area (Å²) in [7, 11) is 0. The smallest absolute Gasteiger partial charge is 0.0703 e. The van der Waals surface area contributed by atoms with Gasteiger partial charge in [-0.2, -0.15) is 0 Å². The van der Waals surface area contributed by atoms with Gasteiger partial charge in [0.05, 0.1) is 31.6 Å². The van der Waals surface area contributed by atoms with E-state index in [1.165, 1.54) is 0 Å². The Balaban J connectivity index is 1.88. The highest BCUT2D eigenvalue weighted by Crippen LogP contribution is 1.91. The maximum Gasteiger partial charge on any atom is 0.0703 e. The minimum absolute atomic E-state index is 0.279. The number of nitrogens with one attached hydrogen (secondary N) is 1. The highest BCUT2D eigenvalue weighted by atomic mass is 16.5. The van der Waals surface area contributed by atoms with E-state index in [1.807, 2.05) is 32.0 Å². The van der Waals surface area contributed by atoms with Gasteiger partial charge < -0.3 is 14.8 Å². The zero-order valence-electron chi connectivity index (χ0n) is 10.7. The second-order valence-corrected chi connectivity index (χ2v) is 4.03. The summed E-state index contributed by atoms with van der Waals surface area (Å²) in [6.45, 7) is 7.68. The molecule has 0 aliphatic heterocycles. The second-order valence-electron chi connectivity index (χ2n) is 4.03. The Bertz CT molecular complexity index is 278. The van der Waals surface area contributed by atoms with Crippen LogP contribution in [0.1, 0.15) is 19.5 Å². The van der Waals surface area contributed by atoms with Gasteiger partial charge in [0.1, 0.15) is 0 Å². The Hall–Kier alpha value is -0.970. The molecule has 1 N–H and O–H groups in total. The van der Waals surface area contributed by atoms with Gasteiger partial charge in [0, 0.05) is 19.3 Å². The van der Waals surface area contributed by atoms with E-state index in [1.54, 1.807) is 6.20 Å². The number of hydrogen-bond acceptors (Lipinski definition) is 4. The molecular weight excluding hydrogens is 216 g/mol. The molecule has 1 aromatic rings. The van der Waals surface area contributed by atoms with Crippen LogP contribution in [-0.2, 0) is 16.0 Å². The van der Waals surface area contributed by atoms with Crippen LogP contribution in [0.25, 0.3) is 0 Å². The van der Waals surface area contributed by atoms with Crippen molar-refractivity contribution in [3.05, 3.63) is 30.1 Å². The summed E-state index contributed by atoms with van der Waals surface area (Å²) in [5, 5.41) is 3.27. The van der Waals surface area contributed by atoms with Crippen LogP contribution in [0.2, 0.25) is 0 Å². The number of nitrogens with zero attached hydrogens (tertiary/aromatic N) is 1. The van der Waals surface area contributed by atoms with Crippen molar-refractivity contribution in [1.82, 2.24) is 10.3 Å². The molecule has 0 unspecified atom stereocenters. The van der Waals surface area contributed by atoms with Crippen LogP contribution < -0.4 is 5.32 Å². The molecule has 0 bridgehead atoms. The molecule has 0 saturated carbocycles. The highest BCUT2D eigenvalue weighted by Gasteiger charge is 1.94. The first-order chi connectivity index (χ1) is 8.29. The Morgan fingerprint density at radius 2 is 2.12 bits per heavy atom. The molecule has 1 heterocycles. The molecule has 4 nitrogen and oxygen atoms in total. The lowest BCUT2D eigenvalue weighted by Crippen LogP contribution is -2.21. The molecule has 0 atom stereocenters. The normalized spacial score (nSPS) is 11.0. The van der Waals surface area contributed by atoms with Crippen LogP contribution in [0.5, 0.6) is 0 Å². The molecule has 4 heteroatoms. The Morgan fingerprint density at radius 3 is 2.82 bits per heavy atom. The summed E-state index contributed by atoms with van der Waals surface area (Å²) in [6, 6.07) is 5.91. The molecule has 96 valence electrons. The van der Waals surface area contributed by atoms with Gasteiger partial charge in [-0.25, -0.2) is 0 Å². The first-order valence-corrected chi connectivity index (χ1v) is 6.09. The van der Waals surface area contributed by atoms with Crippen molar-refractivity contribution in [2.45, 2.75) is 26.5 Å². The molecule has 17 heavy (non-hydrogen) atoms. The topological polar surface area (TPSA) is 43.4 Å². The number of aromatic nitrogens is 1. The van der Waals surface area contributed by atoms with Crippen molar-refractivity contribution in [1.29, 1.82) is 0 Å². The van der Waals surface area contributed by atoms with Gasteiger partial charge >= 0.3 is 0 Å². The number of pyridine rings is 1. The van der Waals surface area contributed by atoms with Gasteiger partial charge in [0.15, 0.2) is 0 Å². The molecule has 0 spiro atoms. The predicted octanol–water partition coefficient (Wildman–Crippen LogP) is 1.61. The molecule has 0 aliphatic carbocycles. The lowest BCUT2D eigenvalue weighted by atomic mass is 10.3. The molecular formula is C13H22N2O2. The third-order valence-corrected chi connectivity index (χ3v) is 2.13. The Labute approximate surface area is 103 Å². The van der Waals surface area contributed by atoms with Crippen LogP contribution in [0, 0.1) is 0 Å². The van der Waals surface area contributed by atoms with Crippen LogP contribution in [-0.4, -0.2) is 37.5 Å². The van der Waals surface area contributed by atoms with E-state index in [9.17, 15) is 0 Å². The second kappa shape index (κ2) is 9.10. The zero-order valence-corrected chi connectivity index (χ0v) is 10.7. The summed E-state index contributed by atoms with van der Waals surface area (Å²) in [5.74, 6) is 0. The minimum Gasteiger partial charge on any atom is -0.378 e. The maximum atomic E-state index is 5.41. The average Bonchev–Trinajstić information content (AvgIpc) is 2.33. The van der Waals surface area contributed by atoms with Crippen LogP contribution in [0.4, 0.5) is 0 Å². The Kier molecular flexibility index (Phi) is 7.54. The molecule has 1 rings (SSSR count). The maximum absolute atomic E-state index is 5.41. The molecule has 0 aliphatic rings. The average molecular weight is 238 g/mol. The first-order valence-electron chi connectivity index (χ1n) is 6.09. The third kappa shape index (κ3) is 7.85. The van der Waals surface area contributed by atoms with Crippen molar-refractivity contribution in [2.75, 3.05) is 26.4 Å². The van der Waals surface area contributed by atoms with Crippen molar-refractivity contribution in [3.8, 4) is 0 Å². The Morgan fingerprint density at radius 1 is 1.24 bits per heavy atom. The van der Waals surface area contributed by atoms with Crippen LogP contribution in [0.15, 0.2) is 24.4 Å². The minimum atomic E-state index is 0.279. The molecule has 0 radical (unpaired) electrons. The molecule has 1 aromatic heterocycles. The fourth-order valence-corrected chi connectivity index (χ4v) is 1.31. The summed E-state index contributed by atoms with van der Waals surface area (Å²) in [6.07, 6.45) is 2.08. The van der Waals surface area contributed by atoms with Gasteiger partial charge in [-0.1, -0.05) is 6.07 Å². The van der Waals surface area contributed by atoms with E-state index in [0.717, 1.165) is 18.8 Å². The number of hydrogen-bond donors (Lipinski definition) is 1. The highest BCUT2D eigenvalue weighted by molar-refractivity contribution is 5.02. The van der Waals surface area contributed by atoms with Crippen molar-refractivity contribution in [3.63, 3.8) is 0 Å². The summed E-state index contributed by atoms with van der Waals surface area (Å²) >= 11 is 0. The summed E-state index contributed by atoms with van der Waals surface area (Å²) in [4.78, 5) is 4.22. The molecule has 0 saturated heterocycles. The van der Waals surface area contributed by atoms with E-state index in [-0.39, 0.29) is 6.10 Å². The molecule has 0 aromatic carbocycles. The standard InChI is InChI=1S/C13H22N2O2/c1-12(2)17-10-9-16-8-7-14-11-13-5-3-4-6-15-13/h3-6,12,14H,7-11H2,1-2H3. The van der Waals surface area contributed by atoms with Gasteiger partial charge in [0.2, 0.25) is 0 Å². The lowest BCUT2D eigenvalue weighted by Gasteiger charge is -2.08. The monoisotopic (exact) mass is 238 g/mol. The fraction of sp³-hybridized carbons (Fsp3) is 0.615. The quantitative estimate of drug-likeness (QED) is 0.664. The van der Waals surface area contributed by atoms with E-state index < -0.39 is 0 Å². The lowest BCUT2D eigenvalue weighted by molar-refractivity contribution is 0.0203. The van der Waals surface area contributed by atoms with E-state index in [4.69, 9.17) is 9.47 Å². The number of rotatable bonds is 9. The van der Waals surface area contributed by atoms with Gasteiger partial charge in [-0.05, 0) is 26.0 Å². The van der Waals surface area contributed by atoms with Crippen LogP contribution in [0.3, 0.4) is 0 Å². The van der Waals surface area contributed by atoms with E-state index in [0.29, 0.717) is 19.8 Å². The SMILES string of the molecule is CC(C)OCCOCCNCc1ccccn1. The van der Waals surface area contributed by atoms with Gasteiger partial charge in [-0.3, -0.25) is 4.98 Å². The number of ether oxygens (including phenoxy) is 2. The first kappa shape index (κ1) is 14.1. The van der Waals surface area contributed by atoms with E-state index >= 15 is 0 Å². The van der Waals surface area contributed by atoms with Crippen molar-refractivity contribution < 1.29 is 9.47 Å². The van der Waals surface area contributed by atoms with Gasteiger partial charge in [-0.15, -0.1) is 0 Å². The van der Waals surface area contributed by atoms with Crippen LogP contribution >= 0.6 is 0 Å². The van der Waals surface area contributed by atoms with Gasteiger partial charge in [0.25, 0.3) is 0 Å². The third-order valence-electron chi connectivity index (χ3n) is 2.13. The summed E-state index contributed by atoms with van der Waals surface area (Å²) < 4.78 is 10.8. The molecule has 0 fully saturated rings. The predicted molar refractivity (Wildman–Crippen MR) is 67.9 cm³/mol.